The minimum atomic E-state index is -0.672. The van der Waals surface area contributed by atoms with Gasteiger partial charge in [0.05, 0.1) is 6.26 Å². The van der Waals surface area contributed by atoms with Crippen LogP contribution in [0.3, 0.4) is 0 Å². The number of aliphatic hydroxyl groups excluding tert-OH is 2. The summed E-state index contributed by atoms with van der Waals surface area (Å²) in [5.74, 6) is 0.721. The molecular formula is C28H41NO5S2. The van der Waals surface area contributed by atoms with E-state index in [1.54, 1.807) is 6.08 Å². The summed E-state index contributed by atoms with van der Waals surface area (Å²) in [6, 6.07) is 4.06. The van der Waals surface area contributed by atoms with E-state index in [-0.39, 0.29) is 22.0 Å². The molecule has 1 heterocycles. The topological polar surface area (TPSA) is 88.0 Å². The molecule has 3 N–H and O–H groups in total. The molecular weight excluding hydrogens is 494 g/mol. The first kappa shape index (κ1) is 28.8. The predicted molar refractivity (Wildman–Crippen MR) is 148 cm³/mol. The summed E-state index contributed by atoms with van der Waals surface area (Å²) in [5.41, 5.74) is 1.13. The maximum absolute atomic E-state index is 13.4. The predicted octanol–water partition coefficient (Wildman–Crippen LogP) is 7.82. The average Bonchev–Trinajstić information content (AvgIpc) is 3.36. The third-order valence-electron chi connectivity index (χ3n) is 7.02. The number of rotatable bonds is 11. The molecule has 1 atom stereocenters. The van der Waals surface area contributed by atoms with Crippen LogP contribution in [0.4, 0.5) is 0 Å². The maximum Gasteiger partial charge on any atom is 0.349 e. The van der Waals surface area contributed by atoms with E-state index in [0.29, 0.717) is 19.3 Å². The number of aryl methyl sites for hydroxylation is 1. The second kappa shape index (κ2) is 12.7. The third-order valence-corrected chi connectivity index (χ3v) is 8.85. The lowest BCUT2D eigenvalue weighted by molar-refractivity contribution is -0.166. The Balaban J connectivity index is 1.90. The van der Waals surface area contributed by atoms with Crippen LogP contribution in [0.2, 0.25) is 0 Å². The van der Waals surface area contributed by atoms with Crippen LogP contribution >= 0.6 is 24.0 Å². The minimum Gasteiger partial charge on any atom is -0.516 e. The summed E-state index contributed by atoms with van der Waals surface area (Å²) in [4.78, 5) is 14.6. The molecule has 1 saturated carbocycles. The van der Waals surface area contributed by atoms with Gasteiger partial charge in [-0.25, -0.2) is 9.52 Å². The molecule has 0 radical (unpaired) electrons. The van der Waals surface area contributed by atoms with Gasteiger partial charge in [-0.1, -0.05) is 58.4 Å². The van der Waals surface area contributed by atoms with Crippen molar-refractivity contribution in [1.29, 1.82) is 0 Å². The van der Waals surface area contributed by atoms with Crippen LogP contribution in [0.25, 0.3) is 0 Å². The molecule has 0 saturated heterocycles. The number of carbonyl (C=O) groups is 1. The largest absolute Gasteiger partial charge is 0.516 e. The number of allylic oxidation sites excluding steroid dienone is 1. The molecule has 1 fully saturated rings. The summed E-state index contributed by atoms with van der Waals surface area (Å²) >= 11 is 2.50. The highest BCUT2D eigenvalue weighted by atomic mass is 32.2. The summed E-state index contributed by atoms with van der Waals surface area (Å²) in [7, 11) is 0. The number of unbranched alkanes of at least 4 members (excludes halogenated alkanes) is 1. The van der Waals surface area contributed by atoms with E-state index < -0.39 is 11.6 Å². The highest BCUT2D eigenvalue weighted by molar-refractivity contribution is 8.04. The molecule has 1 aliphatic carbocycles. The summed E-state index contributed by atoms with van der Waals surface area (Å²) in [6.07, 6.45) is 9.58. The van der Waals surface area contributed by atoms with E-state index >= 15 is 0 Å². The molecule has 1 unspecified atom stereocenters. The van der Waals surface area contributed by atoms with Gasteiger partial charge in [-0.15, -0.1) is 0 Å². The zero-order valence-electron chi connectivity index (χ0n) is 22.2. The van der Waals surface area contributed by atoms with Gasteiger partial charge in [0, 0.05) is 17.9 Å². The van der Waals surface area contributed by atoms with E-state index in [1.807, 2.05) is 26.0 Å². The SMILES string of the molecule is CCNSOc1cc(C(C)(C)C)c(SC2=C(O)CC(CCC/C=C/O)(C3CCCC3)OC2=O)cc1C. The Morgan fingerprint density at radius 3 is 2.61 bits per heavy atom. The van der Waals surface area contributed by atoms with Crippen molar-refractivity contribution in [2.45, 2.75) is 102 Å². The van der Waals surface area contributed by atoms with Crippen LogP contribution in [-0.4, -0.2) is 28.3 Å². The van der Waals surface area contributed by atoms with Crippen LogP contribution in [0, 0.1) is 12.8 Å². The Morgan fingerprint density at radius 2 is 2.00 bits per heavy atom. The van der Waals surface area contributed by atoms with Crippen LogP contribution in [-0.2, 0) is 14.9 Å². The fourth-order valence-corrected chi connectivity index (χ4v) is 6.82. The van der Waals surface area contributed by atoms with Crippen molar-refractivity contribution >= 4 is 30.0 Å². The maximum atomic E-state index is 13.4. The van der Waals surface area contributed by atoms with Crippen molar-refractivity contribution in [3.63, 3.8) is 0 Å². The molecule has 1 aliphatic heterocycles. The van der Waals surface area contributed by atoms with Gasteiger partial charge in [-0.3, -0.25) is 0 Å². The van der Waals surface area contributed by atoms with Crippen molar-refractivity contribution in [2.24, 2.45) is 5.92 Å². The lowest BCUT2D eigenvalue weighted by Gasteiger charge is -2.41. The molecule has 1 aromatic carbocycles. The fraction of sp³-hybridized carbons (Fsp3) is 0.607. The van der Waals surface area contributed by atoms with Crippen molar-refractivity contribution in [3.8, 4) is 5.75 Å². The van der Waals surface area contributed by atoms with Crippen molar-refractivity contribution < 1.29 is 23.9 Å². The number of carbonyl (C=O) groups excluding carboxylic acids is 1. The first-order valence-corrected chi connectivity index (χ1v) is 14.5. The Hall–Kier alpha value is -1.77. The third kappa shape index (κ3) is 6.95. The van der Waals surface area contributed by atoms with E-state index in [4.69, 9.17) is 14.0 Å². The number of thioether (sulfide) groups is 1. The number of aliphatic hydroxyl groups is 2. The zero-order chi connectivity index (χ0) is 26.3. The molecule has 6 nitrogen and oxygen atoms in total. The lowest BCUT2D eigenvalue weighted by atomic mass is 9.77. The van der Waals surface area contributed by atoms with E-state index in [9.17, 15) is 9.90 Å². The molecule has 0 aromatic heterocycles. The van der Waals surface area contributed by atoms with Gasteiger partial charge in [0.15, 0.2) is 0 Å². The standard InChI is InChI=1S/C28H41NO5S2/c1-6-29-36-34-23-17-21(27(3,4)5)24(16-19(23)2)35-25-22(31)18-28(33-26(25)32,14-10-7-11-15-30)20-12-8-9-13-20/h11,15-17,20,29-31H,6-10,12-14,18H2,1-5H3/b15-11+. The van der Waals surface area contributed by atoms with Crippen LogP contribution < -0.4 is 8.91 Å². The number of cyclic esters (lactones) is 1. The second-order valence-corrected chi connectivity index (χ2v) is 12.5. The van der Waals surface area contributed by atoms with E-state index in [1.165, 1.54) is 24.0 Å². The molecule has 200 valence electrons. The average molecular weight is 536 g/mol. The zero-order valence-corrected chi connectivity index (χ0v) is 23.8. The number of nitrogens with one attached hydrogen (secondary N) is 1. The van der Waals surface area contributed by atoms with Gasteiger partial charge in [0.1, 0.15) is 34.2 Å². The summed E-state index contributed by atoms with van der Waals surface area (Å²) < 4.78 is 15.2. The Bertz CT molecular complexity index is 979. The fourth-order valence-electron chi connectivity index (χ4n) is 5.13. The Labute approximate surface area is 224 Å². The molecule has 36 heavy (non-hydrogen) atoms. The molecule has 2 aliphatic rings. The van der Waals surface area contributed by atoms with Crippen LogP contribution in [0.1, 0.15) is 90.2 Å². The monoisotopic (exact) mass is 535 g/mol. The van der Waals surface area contributed by atoms with Gasteiger partial charge in [-0.2, -0.15) is 0 Å². The van der Waals surface area contributed by atoms with Gasteiger partial charge >= 0.3 is 5.97 Å². The Kier molecular flexibility index (Phi) is 10.1. The van der Waals surface area contributed by atoms with Gasteiger partial charge in [-0.05, 0) is 73.6 Å². The summed E-state index contributed by atoms with van der Waals surface area (Å²) in [6.45, 7) is 11.2. The number of benzene rings is 1. The van der Waals surface area contributed by atoms with Crippen molar-refractivity contribution in [2.75, 3.05) is 6.54 Å². The van der Waals surface area contributed by atoms with Gasteiger partial charge < -0.3 is 19.1 Å². The second-order valence-electron chi connectivity index (χ2n) is 10.8. The van der Waals surface area contributed by atoms with Crippen LogP contribution in [0.15, 0.2) is 40.0 Å². The smallest absolute Gasteiger partial charge is 0.349 e. The minimum absolute atomic E-state index is 0.126. The van der Waals surface area contributed by atoms with Crippen LogP contribution in [0.5, 0.6) is 5.75 Å². The summed E-state index contributed by atoms with van der Waals surface area (Å²) in [5, 5.41) is 20.2. The van der Waals surface area contributed by atoms with Gasteiger partial charge in [0.25, 0.3) is 0 Å². The number of ether oxygens (including phenoxy) is 1. The first-order valence-electron chi connectivity index (χ1n) is 13.0. The Morgan fingerprint density at radius 1 is 1.28 bits per heavy atom. The van der Waals surface area contributed by atoms with E-state index in [2.05, 4.69) is 25.5 Å². The molecule has 0 bridgehead atoms. The lowest BCUT2D eigenvalue weighted by Crippen LogP contribution is -2.45. The number of hydrogen-bond donors (Lipinski definition) is 3. The van der Waals surface area contributed by atoms with Crippen molar-refractivity contribution in [1.82, 2.24) is 4.72 Å². The normalized spacial score (nSPS) is 21.4. The highest BCUT2D eigenvalue weighted by Crippen LogP contribution is 2.49. The molecule has 1 aromatic rings. The number of hydrogen-bond acceptors (Lipinski definition) is 8. The molecule has 0 amide bonds. The molecule has 3 rings (SSSR count). The quantitative estimate of drug-likeness (QED) is 0.0869. The molecule has 8 heteroatoms. The highest BCUT2D eigenvalue weighted by Gasteiger charge is 2.48. The first-order chi connectivity index (χ1) is 17.1. The van der Waals surface area contributed by atoms with Gasteiger partial charge in [0.2, 0.25) is 0 Å². The van der Waals surface area contributed by atoms with Crippen molar-refractivity contribution in [3.05, 3.63) is 46.3 Å². The molecule has 0 spiro atoms. The number of esters is 1. The van der Waals surface area contributed by atoms with E-state index in [0.717, 1.165) is 66.7 Å².